The van der Waals surface area contributed by atoms with Gasteiger partial charge >= 0.3 is 0 Å². The van der Waals surface area contributed by atoms with Crippen molar-refractivity contribution in [3.63, 3.8) is 0 Å². The Morgan fingerprint density at radius 2 is 2.00 bits per heavy atom. The number of halogens is 1. The number of carbonyl (C=O) groups is 1. The summed E-state index contributed by atoms with van der Waals surface area (Å²) in [5, 5.41) is 11.6. The fraction of sp³-hybridized carbons (Fsp3) is 0.130. The highest BCUT2D eigenvalue weighted by Gasteiger charge is 2.21. The van der Waals surface area contributed by atoms with Gasteiger partial charge in [-0.15, -0.1) is 11.3 Å². The lowest BCUT2D eigenvalue weighted by Gasteiger charge is -2.20. The number of carbonyl (C=O) groups excluding carboxylic acids is 1. The van der Waals surface area contributed by atoms with Crippen LogP contribution in [0.15, 0.2) is 65.1 Å². The minimum Gasteiger partial charge on any atom is -0.338 e. The van der Waals surface area contributed by atoms with Crippen LogP contribution in [0.3, 0.4) is 0 Å². The molecule has 1 amide bonds. The Hall–Kier alpha value is -3.28. The first-order valence-electron chi connectivity index (χ1n) is 9.53. The van der Waals surface area contributed by atoms with Gasteiger partial charge in [0.25, 0.3) is 0 Å². The zero-order valence-corrected chi connectivity index (χ0v) is 18.1. The summed E-state index contributed by atoms with van der Waals surface area (Å²) in [6.45, 7) is 1.78. The SMILES string of the molecule is CCC(=O)NC(Sc1ccc2ncsc2c1-c1ccc(C#N)cc1)c1ccc(F)cn1. The van der Waals surface area contributed by atoms with Crippen LogP contribution >= 0.6 is 23.1 Å². The molecule has 154 valence electrons. The summed E-state index contributed by atoms with van der Waals surface area (Å²) < 4.78 is 14.4. The van der Waals surface area contributed by atoms with Gasteiger partial charge in [0.1, 0.15) is 11.2 Å². The standard InChI is InChI=1S/C23H17FN4OS2/c1-2-20(29)28-23(18-8-7-16(24)12-26-18)31-19-10-9-17-22(30-13-27-17)21(19)15-5-3-14(11-25)4-6-15/h3-10,12-13,23H,2H2,1H3,(H,28,29). The van der Waals surface area contributed by atoms with Crippen LogP contribution in [-0.4, -0.2) is 15.9 Å². The molecule has 0 bridgehead atoms. The largest absolute Gasteiger partial charge is 0.338 e. The first-order chi connectivity index (χ1) is 15.1. The van der Waals surface area contributed by atoms with Crippen molar-refractivity contribution in [2.45, 2.75) is 23.6 Å². The molecule has 1 unspecified atom stereocenters. The summed E-state index contributed by atoms with van der Waals surface area (Å²) in [6, 6.07) is 16.3. The molecule has 5 nitrogen and oxygen atoms in total. The fourth-order valence-corrected chi connectivity index (χ4v) is 5.19. The minimum atomic E-state index is -0.490. The van der Waals surface area contributed by atoms with E-state index in [-0.39, 0.29) is 5.91 Å². The normalized spacial score (nSPS) is 11.8. The number of hydrogen-bond donors (Lipinski definition) is 1. The summed E-state index contributed by atoms with van der Waals surface area (Å²) >= 11 is 2.97. The fourth-order valence-electron chi connectivity index (χ4n) is 3.07. The van der Waals surface area contributed by atoms with Crippen LogP contribution in [0, 0.1) is 17.1 Å². The van der Waals surface area contributed by atoms with Gasteiger partial charge in [0.05, 0.1) is 39.3 Å². The second kappa shape index (κ2) is 9.25. The van der Waals surface area contributed by atoms with Crippen LogP contribution in [0.2, 0.25) is 0 Å². The highest BCUT2D eigenvalue weighted by molar-refractivity contribution is 7.99. The third kappa shape index (κ3) is 4.58. The van der Waals surface area contributed by atoms with Gasteiger partial charge in [-0.1, -0.05) is 30.8 Å². The molecule has 0 aliphatic rings. The molecule has 2 heterocycles. The molecule has 8 heteroatoms. The molecule has 4 aromatic rings. The number of fused-ring (bicyclic) bond motifs is 1. The molecule has 1 atom stereocenters. The lowest BCUT2D eigenvalue weighted by atomic mass is 10.0. The van der Waals surface area contributed by atoms with Gasteiger partial charge in [0, 0.05) is 16.9 Å². The van der Waals surface area contributed by atoms with E-state index in [4.69, 9.17) is 5.26 Å². The van der Waals surface area contributed by atoms with Gasteiger partial charge in [0.2, 0.25) is 5.91 Å². The summed E-state index contributed by atoms with van der Waals surface area (Å²) in [5.74, 6) is -0.555. The van der Waals surface area contributed by atoms with Gasteiger partial charge in [0.15, 0.2) is 0 Å². The second-order valence-corrected chi connectivity index (χ2v) is 8.65. The van der Waals surface area contributed by atoms with E-state index in [1.54, 1.807) is 30.6 Å². The first-order valence-corrected chi connectivity index (χ1v) is 11.3. The average molecular weight is 449 g/mol. The number of nitrogens with one attached hydrogen (secondary N) is 1. The van der Waals surface area contributed by atoms with Crippen molar-refractivity contribution in [1.82, 2.24) is 15.3 Å². The van der Waals surface area contributed by atoms with E-state index in [2.05, 4.69) is 21.4 Å². The molecule has 0 aliphatic heterocycles. The number of amides is 1. The molecular formula is C23H17FN4OS2. The summed E-state index contributed by atoms with van der Waals surface area (Å²) in [7, 11) is 0. The number of hydrogen-bond acceptors (Lipinski definition) is 6. The molecule has 0 saturated carbocycles. The monoisotopic (exact) mass is 448 g/mol. The molecule has 0 fully saturated rings. The Morgan fingerprint density at radius 1 is 1.19 bits per heavy atom. The van der Waals surface area contributed by atoms with E-state index in [1.807, 2.05) is 24.3 Å². The van der Waals surface area contributed by atoms with E-state index >= 15 is 0 Å². The molecule has 0 spiro atoms. The Kier molecular flexibility index (Phi) is 6.26. The number of benzene rings is 2. The van der Waals surface area contributed by atoms with Crippen molar-refractivity contribution in [1.29, 1.82) is 5.26 Å². The third-order valence-corrected chi connectivity index (χ3v) is 6.69. The van der Waals surface area contributed by atoms with Gasteiger partial charge in [-0.05, 0) is 42.0 Å². The van der Waals surface area contributed by atoms with Gasteiger partial charge in [-0.25, -0.2) is 9.37 Å². The van der Waals surface area contributed by atoms with Crippen LogP contribution in [0.5, 0.6) is 0 Å². The molecule has 31 heavy (non-hydrogen) atoms. The molecular weight excluding hydrogens is 431 g/mol. The summed E-state index contributed by atoms with van der Waals surface area (Å²) in [5.41, 5.74) is 5.74. The number of nitriles is 1. The Balaban J connectivity index is 1.80. The summed E-state index contributed by atoms with van der Waals surface area (Å²) in [6.07, 6.45) is 1.48. The maximum absolute atomic E-state index is 13.4. The molecule has 2 aromatic carbocycles. The topological polar surface area (TPSA) is 78.7 Å². The molecule has 1 N–H and O–H groups in total. The number of aromatic nitrogens is 2. The number of nitrogens with zero attached hydrogens (tertiary/aromatic N) is 3. The number of pyridine rings is 1. The van der Waals surface area contributed by atoms with Crippen LogP contribution in [0.25, 0.3) is 21.3 Å². The zero-order valence-electron chi connectivity index (χ0n) is 16.5. The molecule has 2 aromatic heterocycles. The predicted molar refractivity (Wildman–Crippen MR) is 121 cm³/mol. The smallest absolute Gasteiger partial charge is 0.220 e. The second-order valence-electron chi connectivity index (χ2n) is 6.65. The first kappa shape index (κ1) is 21.0. The van der Waals surface area contributed by atoms with Crippen molar-refractivity contribution < 1.29 is 9.18 Å². The van der Waals surface area contributed by atoms with Gasteiger partial charge < -0.3 is 5.32 Å². The van der Waals surface area contributed by atoms with Gasteiger partial charge in [-0.3, -0.25) is 9.78 Å². The van der Waals surface area contributed by atoms with Crippen molar-refractivity contribution in [2.24, 2.45) is 0 Å². The van der Waals surface area contributed by atoms with E-state index in [0.29, 0.717) is 17.7 Å². The van der Waals surface area contributed by atoms with E-state index in [0.717, 1.165) is 32.4 Å². The van der Waals surface area contributed by atoms with Gasteiger partial charge in [-0.2, -0.15) is 5.26 Å². The maximum Gasteiger partial charge on any atom is 0.220 e. The molecule has 0 saturated heterocycles. The van der Waals surface area contributed by atoms with Crippen molar-refractivity contribution >= 4 is 39.2 Å². The van der Waals surface area contributed by atoms with Crippen LogP contribution in [0.1, 0.15) is 30.0 Å². The Morgan fingerprint density at radius 3 is 2.68 bits per heavy atom. The molecule has 0 radical (unpaired) electrons. The van der Waals surface area contributed by atoms with Crippen LogP contribution in [0.4, 0.5) is 4.39 Å². The number of thioether (sulfide) groups is 1. The highest BCUT2D eigenvalue weighted by atomic mass is 32.2. The van der Waals surface area contributed by atoms with Crippen LogP contribution in [-0.2, 0) is 4.79 Å². The van der Waals surface area contributed by atoms with Crippen molar-refractivity contribution in [3.8, 4) is 17.2 Å². The van der Waals surface area contributed by atoms with E-state index in [1.165, 1.54) is 29.2 Å². The summed E-state index contributed by atoms with van der Waals surface area (Å²) in [4.78, 5) is 21.7. The molecule has 4 rings (SSSR count). The lowest BCUT2D eigenvalue weighted by molar-refractivity contribution is -0.121. The Bertz CT molecular complexity index is 1260. The Labute approximate surface area is 187 Å². The van der Waals surface area contributed by atoms with Crippen LogP contribution < -0.4 is 5.32 Å². The number of thiazole rings is 1. The zero-order chi connectivity index (χ0) is 21.8. The highest BCUT2D eigenvalue weighted by Crippen LogP contribution is 2.43. The van der Waals surface area contributed by atoms with Crippen molar-refractivity contribution in [3.05, 3.63) is 77.3 Å². The third-order valence-electron chi connectivity index (χ3n) is 4.64. The number of rotatable bonds is 6. The lowest BCUT2D eigenvalue weighted by Crippen LogP contribution is -2.26. The quantitative estimate of drug-likeness (QED) is 0.303. The van der Waals surface area contributed by atoms with E-state index < -0.39 is 11.2 Å². The predicted octanol–water partition coefficient (Wildman–Crippen LogP) is 5.69. The molecule has 0 aliphatic carbocycles. The van der Waals surface area contributed by atoms with Crippen molar-refractivity contribution in [2.75, 3.05) is 0 Å². The average Bonchev–Trinajstić information content (AvgIpc) is 3.28. The van der Waals surface area contributed by atoms with E-state index in [9.17, 15) is 9.18 Å². The minimum absolute atomic E-state index is 0.123. The maximum atomic E-state index is 13.4.